The fourth-order valence-corrected chi connectivity index (χ4v) is 4.58. The van der Waals surface area contributed by atoms with Crippen LogP contribution in [0.1, 0.15) is 29.9 Å². The lowest BCUT2D eigenvalue weighted by molar-refractivity contribution is -0.385. The second-order valence-electron chi connectivity index (χ2n) is 6.53. The number of sulfonamides is 1. The third kappa shape index (κ3) is 3.33. The van der Waals surface area contributed by atoms with E-state index in [0.29, 0.717) is 22.5 Å². The summed E-state index contributed by atoms with van der Waals surface area (Å²) in [6.45, 7) is 5.02. The third-order valence-corrected chi connectivity index (χ3v) is 6.93. The van der Waals surface area contributed by atoms with Gasteiger partial charge in [0.1, 0.15) is 11.3 Å². The van der Waals surface area contributed by atoms with Gasteiger partial charge in [0.2, 0.25) is 10.0 Å². The molecule has 0 aliphatic heterocycles. The maximum atomic E-state index is 13.2. The second kappa shape index (κ2) is 6.79. The zero-order chi connectivity index (χ0) is 19.9. The number of aryl methyl sites for hydroxylation is 1. The molecule has 0 amide bonds. The first-order chi connectivity index (χ1) is 12.6. The van der Waals surface area contributed by atoms with E-state index in [1.165, 1.54) is 17.4 Å². The zero-order valence-electron chi connectivity index (χ0n) is 15.5. The van der Waals surface area contributed by atoms with Crippen molar-refractivity contribution in [3.8, 4) is 0 Å². The molecule has 0 saturated carbocycles. The van der Waals surface area contributed by atoms with Crippen molar-refractivity contribution >= 4 is 26.7 Å². The molecule has 1 heterocycles. The minimum atomic E-state index is -3.96. The molecular formula is C19H20N2O5S. The van der Waals surface area contributed by atoms with Gasteiger partial charge in [0.05, 0.1) is 15.9 Å². The molecule has 0 N–H and O–H groups in total. The van der Waals surface area contributed by atoms with Crippen LogP contribution in [0.15, 0.2) is 51.8 Å². The Labute approximate surface area is 157 Å². The summed E-state index contributed by atoms with van der Waals surface area (Å²) in [4.78, 5) is 10.5. The van der Waals surface area contributed by atoms with Crippen LogP contribution < -0.4 is 0 Å². The topological polar surface area (TPSA) is 93.7 Å². The number of rotatable bonds is 5. The number of para-hydroxylation sites is 1. The van der Waals surface area contributed by atoms with E-state index in [0.717, 1.165) is 11.5 Å². The molecule has 0 aliphatic rings. The van der Waals surface area contributed by atoms with Crippen molar-refractivity contribution in [2.75, 3.05) is 7.05 Å². The minimum absolute atomic E-state index is 0.0698. The summed E-state index contributed by atoms with van der Waals surface area (Å²) in [5.74, 6) is 0.502. The van der Waals surface area contributed by atoms with E-state index in [9.17, 15) is 18.5 Å². The standard InChI is InChI=1S/C19H20N2O5S/c1-12-9-16(21(22)23)11-19(13(12)2)27(24,25)20(4)14(3)18-10-15-7-5-6-8-17(15)26-18/h5-11,14H,1-4H3/t14-/m0/s1. The molecule has 2 aromatic carbocycles. The Bertz CT molecular complexity index is 1100. The van der Waals surface area contributed by atoms with Crippen molar-refractivity contribution in [1.82, 2.24) is 4.31 Å². The molecule has 1 atom stereocenters. The highest BCUT2D eigenvalue weighted by Gasteiger charge is 2.31. The molecule has 3 rings (SSSR count). The summed E-state index contributed by atoms with van der Waals surface area (Å²) in [6.07, 6.45) is 0. The first kappa shape index (κ1) is 19.1. The van der Waals surface area contributed by atoms with Crippen LogP contribution >= 0.6 is 0 Å². The van der Waals surface area contributed by atoms with E-state index in [2.05, 4.69) is 0 Å². The predicted octanol–water partition coefficient (Wildman–Crippen LogP) is 4.34. The molecule has 0 saturated heterocycles. The Balaban J connectivity index is 2.05. The molecular weight excluding hydrogens is 368 g/mol. The number of benzene rings is 2. The number of nitro benzene ring substituents is 1. The first-order valence-corrected chi connectivity index (χ1v) is 9.79. The molecule has 1 aromatic heterocycles. The average molecular weight is 388 g/mol. The van der Waals surface area contributed by atoms with Gasteiger partial charge < -0.3 is 4.42 Å². The Kier molecular flexibility index (Phi) is 4.79. The van der Waals surface area contributed by atoms with E-state index < -0.39 is 21.0 Å². The normalized spacial score (nSPS) is 13.2. The highest BCUT2D eigenvalue weighted by Crippen LogP contribution is 2.33. The van der Waals surface area contributed by atoms with E-state index in [-0.39, 0.29) is 10.6 Å². The fourth-order valence-electron chi connectivity index (χ4n) is 2.93. The summed E-state index contributed by atoms with van der Waals surface area (Å²) in [6, 6.07) is 11.1. The molecule has 0 radical (unpaired) electrons. The molecule has 0 fully saturated rings. The van der Waals surface area contributed by atoms with Crippen LogP contribution in [0.2, 0.25) is 0 Å². The van der Waals surface area contributed by atoms with Crippen LogP contribution in [-0.4, -0.2) is 24.7 Å². The van der Waals surface area contributed by atoms with Gasteiger partial charge in [-0.15, -0.1) is 0 Å². The monoisotopic (exact) mass is 388 g/mol. The fraction of sp³-hybridized carbons (Fsp3) is 0.263. The minimum Gasteiger partial charge on any atom is -0.459 e. The zero-order valence-corrected chi connectivity index (χ0v) is 16.3. The van der Waals surface area contributed by atoms with Gasteiger partial charge in [-0.3, -0.25) is 10.1 Å². The Hall–Kier alpha value is -2.71. The van der Waals surface area contributed by atoms with Crippen molar-refractivity contribution in [1.29, 1.82) is 0 Å². The Morgan fingerprint density at radius 2 is 1.81 bits per heavy atom. The van der Waals surface area contributed by atoms with Gasteiger partial charge in [-0.25, -0.2) is 8.42 Å². The summed E-state index contributed by atoms with van der Waals surface area (Å²) < 4.78 is 33.3. The Morgan fingerprint density at radius 3 is 2.44 bits per heavy atom. The first-order valence-electron chi connectivity index (χ1n) is 8.35. The van der Waals surface area contributed by atoms with Gasteiger partial charge in [0.25, 0.3) is 5.69 Å². The van der Waals surface area contributed by atoms with E-state index in [1.54, 1.807) is 26.8 Å². The molecule has 27 heavy (non-hydrogen) atoms. The third-order valence-electron chi connectivity index (χ3n) is 4.87. The number of furan rings is 1. The molecule has 7 nitrogen and oxygen atoms in total. The highest BCUT2D eigenvalue weighted by molar-refractivity contribution is 7.89. The van der Waals surface area contributed by atoms with Gasteiger partial charge in [0.15, 0.2) is 0 Å². The van der Waals surface area contributed by atoms with Gasteiger partial charge in [-0.1, -0.05) is 18.2 Å². The summed E-state index contributed by atoms with van der Waals surface area (Å²) in [5.41, 5.74) is 1.46. The summed E-state index contributed by atoms with van der Waals surface area (Å²) in [5, 5.41) is 12.0. The molecule has 0 spiro atoms. The van der Waals surface area contributed by atoms with Crippen molar-refractivity contribution in [3.05, 3.63) is 69.5 Å². The number of nitrogens with zero attached hydrogens (tertiary/aromatic N) is 2. The van der Waals surface area contributed by atoms with E-state index in [1.807, 2.05) is 24.3 Å². The van der Waals surface area contributed by atoms with Gasteiger partial charge in [-0.05, 0) is 44.0 Å². The maximum Gasteiger partial charge on any atom is 0.271 e. The van der Waals surface area contributed by atoms with Crippen LogP contribution in [0, 0.1) is 24.0 Å². The Morgan fingerprint density at radius 1 is 1.15 bits per heavy atom. The number of fused-ring (bicyclic) bond motifs is 1. The molecule has 8 heteroatoms. The van der Waals surface area contributed by atoms with Crippen LogP contribution in [-0.2, 0) is 10.0 Å². The smallest absolute Gasteiger partial charge is 0.271 e. The molecule has 0 unspecified atom stereocenters. The summed E-state index contributed by atoms with van der Waals surface area (Å²) in [7, 11) is -2.52. The van der Waals surface area contributed by atoms with E-state index in [4.69, 9.17) is 4.42 Å². The largest absolute Gasteiger partial charge is 0.459 e. The molecule has 142 valence electrons. The lowest BCUT2D eigenvalue weighted by Gasteiger charge is -2.24. The van der Waals surface area contributed by atoms with Gasteiger partial charge >= 0.3 is 0 Å². The van der Waals surface area contributed by atoms with Gasteiger partial charge in [-0.2, -0.15) is 4.31 Å². The van der Waals surface area contributed by atoms with Crippen LogP contribution in [0.4, 0.5) is 5.69 Å². The lowest BCUT2D eigenvalue weighted by atomic mass is 10.1. The van der Waals surface area contributed by atoms with Crippen molar-refractivity contribution in [2.45, 2.75) is 31.7 Å². The van der Waals surface area contributed by atoms with Gasteiger partial charge in [0, 0.05) is 24.6 Å². The summed E-state index contributed by atoms with van der Waals surface area (Å²) >= 11 is 0. The number of hydrogen-bond donors (Lipinski definition) is 0. The quantitative estimate of drug-likeness (QED) is 0.479. The van der Waals surface area contributed by atoms with Crippen molar-refractivity contribution in [3.63, 3.8) is 0 Å². The second-order valence-corrected chi connectivity index (χ2v) is 8.49. The molecule has 0 bridgehead atoms. The van der Waals surface area contributed by atoms with Crippen LogP contribution in [0.5, 0.6) is 0 Å². The predicted molar refractivity (Wildman–Crippen MR) is 102 cm³/mol. The van der Waals surface area contributed by atoms with Crippen LogP contribution in [0.3, 0.4) is 0 Å². The van der Waals surface area contributed by atoms with Crippen LogP contribution in [0.25, 0.3) is 11.0 Å². The van der Waals surface area contributed by atoms with Crippen molar-refractivity contribution < 1.29 is 17.8 Å². The number of hydrogen-bond acceptors (Lipinski definition) is 5. The SMILES string of the molecule is Cc1cc([N+](=O)[O-])cc(S(=O)(=O)N(C)[C@@H](C)c2cc3ccccc3o2)c1C. The number of nitro groups is 1. The van der Waals surface area contributed by atoms with Crippen molar-refractivity contribution in [2.24, 2.45) is 0 Å². The molecule has 3 aromatic rings. The number of non-ortho nitro benzene ring substituents is 1. The maximum absolute atomic E-state index is 13.2. The molecule has 0 aliphatic carbocycles. The average Bonchev–Trinajstić information content (AvgIpc) is 3.06. The highest BCUT2D eigenvalue weighted by atomic mass is 32.2. The van der Waals surface area contributed by atoms with E-state index >= 15 is 0 Å². The lowest BCUT2D eigenvalue weighted by Crippen LogP contribution is -2.30.